The third kappa shape index (κ3) is 3.06. The number of benzene rings is 2. The molecule has 0 saturated carbocycles. The third-order valence-corrected chi connectivity index (χ3v) is 3.13. The van der Waals surface area contributed by atoms with Gasteiger partial charge in [-0.15, -0.1) is 0 Å². The summed E-state index contributed by atoms with van der Waals surface area (Å²) in [7, 11) is 0. The van der Waals surface area contributed by atoms with Crippen molar-refractivity contribution in [2.24, 2.45) is 16.2 Å². The Hall–Kier alpha value is -2.73. The largest absolute Gasteiger partial charge is 0.398 e. The van der Waals surface area contributed by atoms with Crippen LogP contribution in [0.1, 0.15) is 15.9 Å². The fraction of sp³-hybridized carbons (Fsp3) is 0. The normalized spacial score (nSPS) is 10.7. The van der Waals surface area contributed by atoms with Gasteiger partial charge in [0.2, 0.25) is 0 Å². The van der Waals surface area contributed by atoms with Crippen LogP contribution in [-0.4, -0.2) is 12.1 Å². The summed E-state index contributed by atoms with van der Waals surface area (Å²) >= 11 is 6.00. The smallest absolute Gasteiger partial charge is 0.297 e. The molecule has 0 atom stereocenters. The number of nitrogens with two attached hydrogens (primary N) is 2. The molecule has 2 aromatic rings. The van der Waals surface area contributed by atoms with E-state index in [9.17, 15) is 4.79 Å². The van der Waals surface area contributed by atoms with Gasteiger partial charge in [0.25, 0.3) is 5.91 Å². The van der Waals surface area contributed by atoms with E-state index in [1.165, 1.54) is 6.21 Å². The van der Waals surface area contributed by atoms with Crippen LogP contribution >= 0.6 is 11.6 Å². The van der Waals surface area contributed by atoms with Crippen molar-refractivity contribution in [1.29, 1.82) is 5.41 Å². The fourth-order valence-electron chi connectivity index (χ4n) is 1.94. The highest BCUT2D eigenvalue weighted by Gasteiger charge is 2.10. The van der Waals surface area contributed by atoms with Gasteiger partial charge in [0.1, 0.15) is 0 Å². The summed E-state index contributed by atoms with van der Waals surface area (Å²) in [5, 5.41) is 14.1. The van der Waals surface area contributed by atoms with Gasteiger partial charge in [0.15, 0.2) is 0 Å². The lowest BCUT2D eigenvalue weighted by molar-refractivity contribution is 0.0993. The Balaban J connectivity index is 2.48. The van der Waals surface area contributed by atoms with Crippen molar-refractivity contribution in [3.8, 4) is 11.1 Å². The summed E-state index contributed by atoms with van der Waals surface area (Å²) in [5.74, 6) is 4.32. The van der Waals surface area contributed by atoms with Crippen molar-refractivity contribution >= 4 is 29.4 Å². The molecule has 0 unspecified atom stereocenters. The molecule has 0 aliphatic heterocycles. The number of halogens is 1. The van der Waals surface area contributed by atoms with Gasteiger partial charge in [-0.1, -0.05) is 34.1 Å². The highest BCUT2D eigenvalue weighted by atomic mass is 35.5. The predicted molar refractivity (Wildman–Crippen MR) is 82.6 cm³/mol. The van der Waals surface area contributed by atoms with Crippen molar-refractivity contribution in [1.82, 2.24) is 0 Å². The molecule has 0 radical (unpaired) electrons. The molecule has 2 aromatic carbocycles. The van der Waals surface area contributed by atoms with E-state index in [4.69, 9.17) is 28.6 Å². The molecule has 2 rings (SSSR count). The van der Waals surface area contributed by atoms with Gasteiger partial charge in [-0.25, -0.2) is 0 Å². The van der Waals surface area contributed by atoms with Gasteiger partial charge >= 0.3 is 0 Å². The first-order valence-corrected chi connectivity index (χ1v) is 6.29. The quantitative estimate of drug-likeness (QED) is 0.266. The number of anilines is 1. The van der Waals surface area contributed by atoms with Gasteiger partial charge in [0.05, 0.1) is 0 Å². The number of carbonyl (C=O) groups is 1. The molecule has 21 heavy (non-hydrogen) atoms. The third-order valence-electron chi connectivity index (χ3n) is 2.91. The highest BCUT2D eigenvalue weighted by Crippen LogP contribution is 2.30. The molecule has 0 aromatic heterocycles. The maximum atomic E-state index is 11.5. The second-order valence-corrected chi connectivity index (χ2v) is 4.63. The van der Waals surface area contributed by atoms with E-state index in [0.717, 1.165) is 11.1 Å². The molecule has 106 valence electrons. The molecule has 0 fully saturated rings. The summed E-state index contributed by atoms with van der Waals surface area (Å²) in [5.41, 5.74) is 8.71. The number of nitrogens with zero attached hydrogens (tertiary/aromatic N) is 2. The number of amides is 1. The summed E-state index contributed by atoms with van der Waals surface area (Å²) in [6, 6.07) is 9.93. The maximum absolute atomic E-state index is 11.5. The summed E-state index contributed by atoms with van der Waals surface area (Å²) in [6.45, 7) is 0. The molecule has 0 aliphatic rings. The lowest BCUT2D eigenvalue weighted by atomic mass is 9.98. The molecule has 6 nitrogen and oxygen atoms in total. The molecule has 5 N–H and O–H groups in total. The second kappa shape index (κ2) is 6.15. The van der Waals surface area contributed by atoms with Gasteiger partial charge in [-0.2, -0.15) is 0 Å². The molecule has 0 bridgehead atoms. The summed E-state index contributed by atoms with van der Waals surface area (Å²) < 4.78 is 0. The minimum atomic E-state index is -0.526. The van der Waals surface area contributed by atoms with Gasteiger partial charge in [-0.05, 0) is 35.4 Å². The van der Waals surface area contributed by atoms with E-state index in [1.807, 2.05) is 0 Å². The molecular weight excluding hydrogens is 290 g/mol. The van der Waals surface area contributed by atoms with Crippen molar-refractivity contribution in [2.75, 3.05) is 5.73 Å². The Morgan fingerprint density at radius 3 is 2.48 bits per heavy atom. The van der Waals surface area contributed by atoms with E-state index in [1.54, 1.807) is 36.4 Å². The van der Waals surface area contributed by atoms with E-state index >= 15 is 0 Å². The van der Waals surface area contributed by atoms with E-state index in [-0.39, 0.29) is 0 Å². The van der Waals surface area contributed by atoms with Crippen LogP contribution < -0.4 is 11.6 Å². The van der Waals surface area contributed by atoms with Crippen LogP contribution in [-0.2, 0) is 0 Å². The average molecular weight is 302 g/mol. The first-order chi connectivity index (χ1) is 10.1. The van der Waals surface area contributed by atoms with Crippen molar-refractivity contribution in [3.63, 3.8) is 0 Å². The zero-order chi connectivity index (χ0) is 15.4. The first-order valence-electron chi connectivity index (χ1n) is 5.92. The number of hydrogen-bond acceptors (Lipinski definition) is 4. The summed E-state index contributed by atoms with van der Waals surface area (Å²) in [4.78, 5) is 11.5. The second-order valence-electron chi connectivity index (χ2n) is 4.20. The molecule has 1 amide bonds. The molecular formula is C14H12ClN5O. The van der Waals surface area contributed by atoms with E-state index in [0.29, 0.717) is 21.8 Å². The van der Waals surface area contributed by atoms with Crippen molar-refractivity contribution < 1.29 is 4.79 Å². The van der Waals surface area contributed by atoms with Crippen LogP contribution in [0.2, 0.25) is 5.02 Å². The van der Waals surface area contributed by atoms with Crippen LogP contribution in [0.25, 0.3) is 11.1 Å². The minimum Gasteiger partial charge on any atom is -0.398 e. The van der Waals surface area contributed by atoms with Crippen molar-refractivity contribution in [3.05, 3.63) is 52.5 Å². The molecule has 7 heteroatoms. The minimum absolute atomic E-state index is 0.361. The fourth-order valence-corrected chi connectivity index (χ4v) is 2.17. The van der Waals surface area contributed by atoms with Crippen LogP contribution in [0.15, 0.2) is 46.7 Å². The number of nitrogen functional groups attached to an aromatic ring is 1. The SMILES string of the molecule is N=Cc1c(N)cc(Cl)cc1-c1ccc(C(=O)N=NN)cc1. The first kappa shape index (κ1) is 14.7. The standard InChI is InChI=1S/C14H12ClN5O/c15-10-5-11(12(7-16)13(17)6-10)8-1-3-9(4-2-8)14(21)19-20-18/h1-7,16H,17H2,(H2,18,19,21). The highest BCUT2D eigenvalue weighted by molar-refractivity contribution is 6.31. The number of carbonyl (C=O) groups excluding carboxylic acids is 1. The van der Waals surface area contributed by atoms with Gasteiger partial charge in [0, 0.05) is 28.1 Å². The maximum Gasteiger partial charge on any atom is 0.297 e. The van der Waals surface area contributed by atoms with Crippen LogP contribution in [0, 0.1) is 5.41 Å². The molecule has 0 aliphatic carbocycles. The van der Waals surface area contributed by atoms with E-state index in [2.05, 4.69) is 10.3 Å². The lowest BCUT2D eigenvalue weighted by Crippen LogP contribution is -1.98. The van der Waals surface area contributed by atoms with Crippen LogP contribution in [0.3, 0.4) is 0 Å². The van der Waals surface area contributed by atoms with Crippen molar-refractivity contribution in [2.45, 2.75) is 0 Å². The number of nitrogens with one attached hydrogen (secondary N) is 1. The molecule has 0 heterocycles. The summed E-state index contributed by atoms with van der Waals surface area (Å²) in [6.07, 6.45) is 1.17. The lowest BCUT2D eigenvalue weighted by Gasteiger charge is -2.10. The Kier molecular flexibility index (Phi) is 4.30. The monoisotopic (exact) mass is 301 g/mol. The zero-order valence-corrected chi connectivity index (χ0v) is 11.6. The molecule has 0 saturated heterocycles. The average Bonchev–Trinajstić information content (AvgIpc) is 2.47. The molecule has 0 spiro atoms. The Morgan fingerprint density at radius 1 is 1.24 bits per heavy atom. The van der Waals surface area contributed by atoms with Crippen LogP contribution in [0.4, 0.5) is 5.69 Å². The van der Waals surface area contributed by atoms with Gasteiger partial charge < -0.3 is 17.0 Å². The van der Waals surface area contributed by atoms with Gasteiger partial charge in [-0.3, -0.25) is 4.79 Å². The van der Waals surface area contributed by atoms with E-state index < -0.39 is 5.91 Å². The Bertz CT molecular complexity index is 725. The Labute approximate surface area is 125 Å². The van der Waals surface area contributed by atoms with Crippen LogP contribution in [0.5, 0.6) is 0 Å². The number of hydrogen-bond donors (Lipinski definition) is 3. The number of rotatable bonds is 3. The topological polar surface area (TPSA) is 118 Å². The zero-order valence-electron chi connectivity index (χ0n) is 10.9. The predicted octanol–water partition coefficient (Wildman–Crippen LogP) is 3.05. The Morgan fingerprint density at radius 2 is 1.90 bits per heavy atom.